The van der Waals surface area contributed by atoms with Crippen molar-refractivity contribution in [1.82, 2.24) is 0 Å². The monoisotopic (exact) mass is 408 g/mol. The van der Waals surface area contributed by atoms with E-state index in [0.29, 0.717) is 0 Å². The SMILES string of the molecule is C1CCC2=C(C1)CC1=C2CCCO1.CC.CC.c1ccc2c(c1)CC1=C2CCCO1. The molecule has 3 aliphatic carbocycles. The number of allylic oxidation sites excluding steroid dienone is 5. The van der Waals surface area contributed by atoms with E-state index < -0.39 is 0 Å². The minimum absolute atomic E-state index is 0.910. The lowest BCUT2D eigenvalue weighted by molar-refractivity contribution is 0.186. The fourth-order valence-electron chi connectivity index (χ4n) is 5.12. The summed E-state index contributed by atoms with van der Waals surface area (Å²) in [6, 6.07) is 8.64. The second-order valence-electron chi connectivity index (χ2n) is 8.01. The van der Waals surface area contributed by atoms with Gasteiger partial charge in [-0.2, -0.15) is 0 Å². The van der Waals surface area contributed by atoms with Crippen LogP contribution in [-0.2, 0) is 15.9 Å². The summed E-state index contributed by atoms with van der Waals surface area (Å²) in [7, 11) is 0. The third-order valence-corrected chi connectivity index (χ3v) is 6.38. The first-order valence-corrected chi connectivity index (χ1v) is 12.4. The van der Waals surface area contributed by atoms with Crippen LogP contribution in [0.4, 0.5) is 0 Å². The van der Waals surface area contributed by atoms with E-state index >= 15 is 0 Å². The van der Waals surface area contributed by atoms with Crippen molar-refractivity contribution in [2.24, 2.45) is 0 Å². The molecule has 164 valence electrons. The molecule has 0 radical (unpaired) electrons. The first-order chi connectivity index (χ1) is 14.9. The molecule has 0 saturated heterocycles. The number of hydrogen-bond donors (Lipinski definition) is 0. The summed E-state index contributed by atoms with van der Waals surface area (Å²) in [5.74, 6) is 2.56. The minimum atomic E-state index is 0.910. The smallest absolute Gasteiger partial charge is 0.104 e. The molecular formula is C28H40O2. The molecule has 0 atom stereocenters. The van der Waals surface area contributed by atoms with Gasteiger partial charge in [0.1, 0.15) is 11.5 Å². The number of fused-ring (bicyclic) bond motifs is 3. The molecule has 1 aromatic carbocycles. The molecule has 2 heteroatoms. The lowest BCUT2D eigenvalue weighted by Gasteiger charge is -2.18. The van der Waals surface area contributed by atoms with Gasteiger partial charge in [-0.1, -0.05) is 57.5 Å². The molecule has 0 aromatic heterocycles. The van der Waals surface area contributed by atoms with Crippen molar-refractivity contribution >= 4 is 5.57 Å². The first-order valence-electron chi connectivity index (χ1n) is 12.4. The second-order valence-corrected chi connectivity index (χ2v) is 8.01. The Morgan fingerprint density at radius 3 is 1.97 bits per heavy atom. The molecule has 1 aromatic rings. The van der Waals surface area contributed by atoms with E-state index in [1.165, 1.54) is 79.6 Å². The zero-order chi connectivity index (χ0) is 21.3. The van der Waals surface area contributed by atoms with E-state index in [4.69, 9.17) is 9.47 Å². The van der Waals surface area contributed by atoms with Gasteiger partial charge in [0.05, 0.1) is 13.2 Å². The average Bonchev–Trinajstić information content (AvgIpc) is 3.40. The van der Waals surface area contributed by atoms with Crippen LogP contribution in [0.3, 0.4) is 0 Å². The fourth-order valence-corrected chi connectivity index (χ4v) is 5.12. The van der Waals surface area contributed by atoms with E-state index in [2.05, 4.69) is 24.3 Å². The average molecular weight is 409 g/mol. The molecule has 6 rings (SSSR count). The summed E-state index contributed by atoms with van der Waals surface area (Å²) in [5.41, 5.74) is 9.33. The van der Waals surface area contributed by atoms with Gasteiger partial charge in [0, 0.05) is 12.8 Å². The van der Waals surface area contributed by atoms with Gasteiger partial charge >= 0.3 is 0 Å². The molecule has 5 aliphatic rings. The minimum Gasteiger partial charge on any atom is -0.497 e. The Morgan fingerprint density at radius 1 is 0.600 bits per heavy atom. The van der Waals surface area contributed by atoms with Crippen LogP contribution < -0.4 is 0 Å². The number of hydrogen-bond acceptors (Lipinski definition) is 2. The van der Waals surface area contributed by atoms with E-state index in [1.54, 1.807) is 16.7 Å². The van der Waals surface area contributed by atoms with Crippen molar-refractivity contribution in [1.29, 1.82) is 0 Å². The van der Waals surface area contributed by atoms with Gasteiger partial charge < -0.3 is 9.47 Å². The highest BCUT2D eigenvalue weighted by atomic mass is 16.5. The van der Waals surface area contributed by atoms with Crippen molar-refractivity contribution in [3.05, 3.63) is 63.6 Å². The van der Waals surface area contributed by atoms with Crippen LogP contribution in [-0.4, -0.2) is 13.2 Å². The van der Waals surface area contributed by atoms with E-state index in [-0.39, 0.29) is 0 Å². The molecule has 0 bridgehead atoms. The van der Waals surface area contributed by atoms with Crippen LogP contribution in [0.15, 0.2) is 52.5 Å². The van der Waals surface area contributed by atoms with Gasteiger partial charge in [-0.25, -0.2) is 0 Å². The van der Waals surface area contributed by atoms with E-state index in [0.717, 1.165) is 26.1 Å². The number of rotatable bonds is 0. The lowest BCUT2D eigenvalue weighted by Crippen LogP contribution is -2.04. The molecule has 0 fully saturated rings. The molecule has 2 heterocycles. The highest BCUT2D eigenvalue weighted by Gasteiger charge is 2.28. The molecule has 0 amide bonds. The predicted octanol–water partition coefficient (Wildman–Crippen LogP) is 8.14. The Hall–Kier alpha value is -1.96. The van der Waals surface area contributed by atoms with Crippen molar-refractivity contribution in [2.75, 3.05) is 13.2 Å². The Labute approximate surface area is 184 Å². The predicted molar refractivity (Wildman–Crippen MR) is 127 cm³/mol. The Balaban J connectivity index is 0.000000147. The second kappa shape index (κ2) is 11.4. The topological polar surface area (TPSA) is 18.5 Å². The normalized spacial score (nSPS) is 20.5. The van der Waals surface area contributed by atoms with Crippen molar-refractivity contribution in [2.45, 2.75) is 91.9 Å². The highest BCUT2D eigenvalue weighted by molar-refractivity contribution is 5.75. The van der Waals surface area contributed by atoms with E-state index in [1.807, 2.05) is 27.7 Å². The molecule has 0 unspecified atom stereocenters. The van der Waals surface area contributed by atoms with Crippen molar-refractivity contribution in [3.8, 4) is 0 Å². The van der Waals surface area contributed by atoms with Gasteiger partial charge in [0.25, 0.3) is 0 Å². The van der Waals surface area contributed by atoms with Crippen LogP contribution in [0, 0.1) is 0 Å². The summed E-state index contributed by atoms with van der Waals surface area (Å²) < 4.78 is 11.4. The zero-order valence-electron chi connectivity index (χ0n) is 19.6. The molecule has 0 saturated carbocycles. The largest absolute Gasteiger partial charge is 0.497 e. The Kier molecular flexibility index (Phi) is 8.66. The summed E-state index contributed by atoms with van der Waals surface area (Å²) in [6.07, 6.45) is 12.5. The van der Waals surface area contributed by atoms with Crippen molar-refractivity contribution < 1.29 is 9.47 Å². The maximum Gasteiger partial charge on any atom is 0.104 e. The van der Waals surface area contributed by atoms with Gasteiger partial charge in [-0.15, -0.1) is 0 Å². The molecule has 0 N–H and O–H groups in total. The Morgan fingerprint density at radius 2 is 1.20 bits per heavy atom. The highest BCUT2D eigenvalue weighted by Crippen LogP contribution is 2.44. The molecule has 0 spiro atoms. The third kappa shape index (κ3) is 4.85. The summed E-state index contributed by atoms with van der Waals surface area (Å²) in [6.45, 7) is 9.87. The van der Waals surface area contributed by atoms with E-state index in [9.17, 15) is 0 Å². The van der Waals surface area contributed by atoms with Crippen molar-refractivity contribution in [3.63, 3.8) is 0 Å². The standard InChI is InChI=1S/C12H16O.C12H12O.2C2H6/c2*1-2-5-10-9(4-1)8-12-11(10)6-3-7-13-12;2*1-2/h1-8H2;1-2,4-5H,3,6-8H2;2*1-2H3. The third-order valence-electron chi connectivity index (χ3n) is 6.38. The summed E-state index contributed by atoms with van der Waals surface area (Å²) in [4.78, 5) is 0. The van der Waals surface area contributed by atoms with Crippen LogP contribution in [0.25, 0.3) is 5.57 Å². The Bertz CT molecular complexity index is 780. The lowest BCUT2D eigenvalue weighted by atomic mass is 9.89. The summed E-state index contributed by atoms with van der Waals surface area (Å²) in [5, 5.41) is 0. The number of ether oxygens (including phenoxy) is 2. The van der Waals surface area contributed by atoms with Crippen LogP contribution in [0.1, 0.15) is 96.6 Å². The van der Waals surface area contributed by atoms with Gasteiger partial charge in [0.15, 0.2) is 0 Å². The first kappa shape index (κ1) is 22.7. The molecule has 2 nitrogen and oxygen atoms in total. The van der Waals surface area contributed by atoms with Gasteiger partial charge in [-0.05, 0) is 79.2 Å². The molecule has 30 heavy (non-hydrogen) atoms. The number of benzene rings is 1. The summed E-state index contributed by atoms with van der Waals surface area (Å²) >= 11 is 0. The molecular weight excluding hydrogens is 368 g/mol. The maximum atomic E-state index is 5.73. The van der Waals surface area contributed by atoms with Gasteiger partial charge in [0.2, 0.25) is 0 Å². The fraction of sp³-hybridized carbons (Fsp3) is 0.571. The van der Waals surface area contributed by atoms with Crippen LogP contribution in [0.2, 0.25) is 0 Å². The molecule has 2 aliphatic heterocycles. The maximum absolute atomic E-state index is 5.73. The zero-order valence-corrected chi connectivity index (χ0v) is 19.6. The van der Waals surface area contributed by atoms with Gasteiger partial charge in [-0.3, -0.25) is 0 Å². The quantitative estimate of drug-likeness (QED) is 0.431. The van der Waals surface area contributed by atoms with Crippen LogP contribution >= 0.6 is 0 Å². The van der Waals surface area contributed by atoms with Crippen LogP contribution in [0.5, 0.6) is 0 Å².